The molecular weight excluding hydrogens is 451 g/mol. The van der Waals surface area contributed by atoms with E-state index >= 15 is 0 Å². The number of benzene rings is 1. The molecule has 2 saturated heterocycles. The summed E-state index contributed by atoms with van der Waals surface area (Å²) in [5, 5.41) is 7.53. The van der Waals surface area contributed by atoms with Crippen molar-refractivity contribution in [2.75, 3.05) is 23.0 Å². The van der Waals surface area contributed by atoms with Gasteiger partial charge < -0.3 is 10.5 Å². The molecule has 2 aromatic heterocycles. The number of hydrogen-bond acceptors (Lipinski definition) is 8. The van der Waals surface area contributed by atoms with Gasteiger partial charge in [-0.05, 0) is 24.3 Å². The normalized spacial score (nSPS) is 29.7. The third kappa shape index (κ3) is 3.12. The molecule has 0 spiro atoms. The molecule has 3 aliphatic rings. The predicted molar refractivity (Wildman–Crippen MR) is 114 cm³/mol. The molecule has 2 aliphatic heterocycles. The van der Waals surface area contributed by atoms with Gasteiger partial charge in [0.2, 0.25) is 6.23 Å². The topological polar surface area (TPSA) is 133 Å². The molecule has 6 rings (SSSR count). The Bertz CT molecular complexity index is 1340. The first kappa shape index (κ1) is 20.2. The van der Waals surface area contributed by atoms with E-state index in [1.165, 1.54) is 28.0 Å². The summed E-state index contributed by atoms with van der Waals surface area (Å²) in [7, 11) is -3.02. The molecule has 2 N–H and O–H groups in total. The lowest BCUT2D eigenvalue weighted by molar-refractivity contribution is 0.0922. The van der Waals surface area contributed by atoms with Gasteiger partial charge in [0.05, 0.1) is 41.2 Å². The first-order chi connectivity index (χ1) is 15.8. The molecule has 1 amide bonds. The summed E-state index contributed by atoms with van der Waals surface area (Å²) in [6.45, 7) is 0.174. The summed E-state index contributed by atoms with van der Waals surface area (Å²) in [5.74, 6) is -0.567. The number of carbonyl (C=O) groups is 1. The lowest BCUT2D eigenvalue weighted by Gasteiger charge is -2.16. The number of nitrogens with zero attached hydrogens (tertiary/aromatic N) is 5. The van der Waals surface area contributed by atoms with Crippen LogP contribution in [0.5, 0.6) is 0 Å². The van der Waals surface area contributed by atoms with Crippen LogP contribution in [0.1, 0.15) is 11.9 Å². The van der Waals surface area contributed by atoms with E-state index < -0.39 is 33.5 Å². The lowest BCUT2D eigenvalue weighted by atomic mass is 10.0. The molecule has 2 unspecified atom stereocenters. The van der Waals surface area contributed by atoms with Crippen LogP contribution in [0, 0.1) is 17.7 Å². The van der Waals surface area contributed by atoms with Gasteiger partial charge >= 0.3 is 6.09 Å². The summed E-state index contributed by atoms with van der Waals surface area (Å²) < 4.78 is 45.2. The zero-order chi connectivity index (χ0) is 23.0. The third-order valence-electron chi connectivity index (χ3n) is 6.79. The number of anilines is 1. The molecule has 1 saturated carbocycles. The van der Waals surface area contributed by atoms with E-state index in [2.05, 4.69) is 15.3 Å². The highest BCUT2D eigenvalue weighted by atomic mass is 32.2. The van der Waals surface area contributed by atoms with Crippen molar-refractivity contribution in [1.82, 2.24) is 20.0 Å². The Morgan fingerprint density at radius 3 is 2.61 bits per heavy atom. The van der Waals surface area contributed by atoms with Gasteiger partial charge in [-0.3, -0.25) is 9.88 Å². The maximum absolute atomic E-state index is 15.0. The van der Waals surface area contributed by atoms with Gasteiger partial charge in [-0.25, -0.2) is 22.3 Å². The number of nitrogens with two attached hydrogens (primary N) is 1. The number of carbonyl (C=O) groups excluding carboxylic acids is 1. The van der Waals surface area contributed by atoms with Crippen LogP contribution >= 0.6 is 0 Å². The molecule has 10 nitrogen and oxygen atoms in total. The fourth-order valence-electron chi connectivity index (χ4n) is 4.95. The standard InChI is InChI=1S/C21H19FN6O4S/c22-17-7-13(27-9-19(32-20(27)29)28-6-5-25-26-28)2-3-14(17)12-1-4-18(24-8-12)21(23)15-10-33(30,31)11-16(15)21/h1-8,15-16,19H,9-11,23H2/t15-,16+,19?,21?. The van der Waals surface area contributed by atoms with E-state index in [0.717, 1.165) is 0 Å². The first-order valence-corrected chi connectivity index (χ1v) is 12.2. The highest BCUT2D eigenvalue weighted by Gasteiger charge is 2.69. The third-order valence-corrected chi connectivity index (χ3v) is 8.52. The maximum Gasteiger partial charge on any atom is 0.416 e. The largest absolute Gasteiger partial charge is 0.421 e. The van der Waals surface area contributed by atoms with Crippen molar-refractivity contribution in [2.24, 2.45) is 17.6 Å². The average molecular weight is 470 g/mol. The second kappa shape index (κ2) is 6.81. The minimum Gasteiger partial charge on any atom is -0.421 e. The van der Waals surface area contributed by atoms with Gasteiger partial charge in [0, 0.05) is 35.4 Å². The van der Waals surface area contributed by atoms with Crippen molar-refractivity contribution < 1.29 is 22.3 Å². The second-order valence-electron chi connectivity index (χ2n) is 8.65. The molecule has 12 heteroatoms. The quantitative estimate of drug-likeness (QED) is 0.606. The molecule has 0 bridgehead atoms. The average Bonchev–Trinajstić information content (AvgIpc) is 3.32. The van der Waals surface area contributed by atoms with Crippen LogP contribution in [-0.4, -0.2) is 52.5 Å². The molecule has 170 valence electrons. The van der Waals surface area contributed by atoms with Gasteiger partial charge in [-0.2, -0.15) is 0 Å². The minimum atomic E-state index is -3.02. The Hall–Kier alpha value is -3.38. The Labute approximate surface area is 188 Å². The van der Waals surface area contributed by atoms with E-state index in [9.17, 15) is 17.6 Å². The number of pyridine rings is 1. The molecule has 3 aromatic rings. The van der Waals surface area contributed by atoms with Crippen LogP contribution in [0.25, 0.3) is 11.1 Å². The van der Waals surface area contributed by atoms with Crippen molar-refractivity contribution in [1.29, 1.82) is 0 Å². The summed E-state index contributed by atoms with van der Waals surface area (Å²) >= 11 is 0. The summed E-state index contributed by atoms with van der Waals surface area (Å²) in [4.78, 5) is 18.0. The van der Waals surface area contributed by atoms with Crippen LogP contribution in [-0.2, 0) is 20.1 Å². The number of sulfone groups is 1. The lowest BCUT2D eigenvalue weighted by Crippen LogP contribution is -2.31. The van der Waals surface area contributed by atoms with Crippen LogP contribution in [0.15, 0.2) is 48.9 Å². The number of hydrogen-bond donors (Lipinski definition) is 1. The molecule has 1 aliphatic carbocycles. The van der Waals surface area contributed by atoms with Gasteiger partial charge in [-0.1, -0.05) is 11.3 Å². The molecule has 4 heterocycles. The van der Waals surface area contributed by atoms with Crippen molar-refractivity contribution >= 4 is 21.6 Å². The molecule has 4 atom stereocenters. The predicted octanol–water partition coefficient (Wildman–Crippen LogP) is 1.46. The Morgan fingerprint density at radius 2 is 1.97 bits per heavy atom. The second-order valence-corrected chi connectivity index (χ2v) is 10.8. The van der Waals surface area contributed by atoms with E-state index in [-0.39, 0.29) is 29.9 Å². The molecule has 1 aromatic carbocycles. The summed E-state index contributed by atoms with van der Waals surface area (Å²) in [5.41, 5.74) is 7.57. The number of fused-ring (bicyclic) bond motifs is 1. The maximum atomic E-state index is 15.0. The zero-order valence-electron chi connectivity index (χ0n) is 17.2. The van der Waals surface area contributed by atoms with E-state index in [1.807, 2.05) is 0 Å². The van der Waals surface area contributed by atoms with E-state index in [1.54, 1.807) is 30.5 Å². The molecular formula is C21H19FN6O4S. The molecule has 33 heavy (non-hydrogen) atoms. The number of ether oxygens (including phenoxy) is 1. The van der Waals surface area contributed by atoms with Crippen molar-refractivity contribution in [3.8, 4) is 11.1 Å². The Balaban J connectivity index is 1.21. The fraction of sp³-hybridized carbons (Fsp3) is 0.333. The van der Waals surface area contributed by atoms with E-state index in [4.69, 9.17) is 10.5 Å². The number of amides is 1. The fourth-order valence-corrected chi connectivity index (χ4v) is 7.20. The highest BCUT2D eigenvalue weighted by molar-refractivity contribution is 7.91. The smallest absolute Gasteiger partial charge is 0.416 e. The van der Waals surface area contributed by atoms with Crippen molar-refractivity contribution in [3.63, 3.8) is 0 Å². The van der Waals surface area contributed by atoms with Crippen LogP contribution in [0.3, 0.4) is 0 Å². The van der Waals surface area contributed by atoms with E-state index in [0.29, 0.717) is 22.5 Å². The number of halogens is 1. The van der Waals surface area contributed by atoms with Gasteiger partial charge in [0.1, 0.15) is 5.82 Å². The molecule has 3 fully saturated rings. The minimum absolute atomic E-state index is 0.0877. The Kier molecular flexibility index (Phi) is 4.18. The van der Waals surface area contributed by atoms with Gasteiger partial charge in [-0.15, -0.1) is 5.10 Å². The van der Waals surface area contributed by atoms with Crippen LogP contribution in [0.2, 0.25) is 0 Å². The van der Waals surface area contributed by atoms with Gasteiger partial charge in [0.15, 0.2) is 9.84 Å². The summed E-state index contributed by atoms with van der Waals surface area (Å²) in [6, 6.07) is 7.94. The van der Waals surface area contributed by atoms with Crippen molar-refractivity contribution in [2.45, 2.75) is 11.8 Å². The zero-order valence-corrected chi connectivity index (χ0v) is 18.0. The first-order valence-electron chi connectivity index (χ1n) is 10.4. The SMILES string of the molecule is NC1(c2ccc(-c3ccc(N4CC(n5ccnn5)OC4=O)cc3F)cn2)[C@@H]2CS(=O)(=O)C[C@@H]21. The molecule has 0 radical (unpaired) electrons. The van der Waals surface area contributed by atoms with Crippen LogP contribution in [0.4, 0.5) is 14.9 Å². The Morgan fingerprint density at radius 1 is 1.18 bits per heavy atom. The van der Waals surface area contributed by atoms with Gasteiger partial charge in [0.25, 0.3) is 0 Å². The monoisotopic (exact) mass is 470 g/mol. The highest BCUT2D eigenvalue weighted by Crippen LogP contribution is 2.60. The summed E-state index contributed by atoms with van der Waals surface area (Å²) in [6.07, 6.45) is 3.36. The van der Waals surface area contributed by atoms with Crippen LogP contribution < -0.4 is 10.6 Å². The van der Waals surface area contributed by atoms with Crippen molar-refractivity contribution in [3.05, 3.63) is 60.4 Å². The number of aromatic nitrogens is 4. The number of cyclic esters (lactones) is 1. The number of rotatable bonds is 4.